The van der Waals surface area contributed by atoms with E-state index in [0.717, 1.165) is 26.2 Å². The maximum atomic E-state index is 5.45. The van der Waals surface area contributed by atoms with Gasteiger partial charge in [-0.3, -0.25) is 0 Å². The lowest BCUT2D eigenvalue weighted by atomic mass is 9.80. The standard InChI is InChI=1S/C11H28N4/c1-11(2,3)10(8-14-6-4-12)9-15-7-5-13/h10,14-15H,4-9,12-13H2,1-3H3. The molecule has 0 atom stereocenters. The van der Waals surface area contributed by atoms with Crippen LogP contribution in [0.1, 0.15) is 20.8 Å². The monoisotopic (exact) mass is 216 g/mol. The molecule has 0 aliphatic carbocycles. The van der Waals surface area contributed by atoms with E-state index in [1.807, 2.05) is 0 Å². The Morgan fingerprint density at radius 1 is 0.933 bits per heavy atom. The van der Waals surface area contributed by atoms with Crippen molar-refractivity contribution >= 4 is 0 Å². The lowest BCUT2D eigenvalue weighted by Crippen LogP contribution is -2.41. The molecule has 0 rings (SSSR count). The summed E-state index contributed by atoms with van der Waals surface area (Å²) in [6, 6.07) is 0. The van der Waals surface area contributed by atoms with Crippen LogP contribution in [0.15, 0.2) is 0 Å². The van der Waals surface area contributed by atoms with Gasteiger partial charge in [-0.1, -0.05) is 20.8 Å². The van der Waals surface area contributed by atoms with Crippen molar-refractivity contribution in [2.45, 2.75) is 20.8 Å². The molecule has 4 nitrogen and oxygen atoms in total. The SMILES string of the molecule is CC(C)(C)C(CNCCN)CNCCN. The number of nitrogens with one attached hydrogen (secondary N) is 2. The third-order valence-corrected chi connectivity index (χ3v) is 2.65. The molecule has 0 heterocycles. The van der Waals surface area contributed by atoms with Crippen LogP contribution in [0.5, 0.6) is 0 Å². The zero-order chi connectivity index (χ0) is 11.7. The molecule has 4 heteroatoms. The number of hydrogen-bond donors (Lipinski definition) is 4. The predicted octanol–water partition coefficient (Wildman–Crippen LogP) is -0.255. The highest BCUT2D eigenvalue weighted by atomic mass is 14.9. The van der Waals surface area contributed by atoms with E-state index in [9.17, 15) is 0 Å². The van der Waals surface area contributed by atoms with Gasteiger partial charge in [-0.2, -0.15) is 0 Å². The van der Waals surface area contributed by atoms with E-state index in [2.05, 4.69) is 31.4 Å². The van der Waals surface area contributed by atoms with E-state index < -0.39 is 0 Å². The van der Waals surface area contributed by atoms with Gasteiger partial charge < -0.3 is 22.1 Å². The van der Waals surface area contributed by atoms with E-state index >= 15 is 0 Å². The average molecular weight is 216 g/mol. The van der Waals surface area contributed by atoms with Crippen LogP contribution in [-0.4, -0.2) is 39.3 Å². The summed E-state index contributed by atoms with van der Waals surface area (Å²) >= 11 is 0. The Labute approximate surface area is 94.2 Å². The summed E-state index contributed by atoms with van der Waals surface area (Å²) in [6.45, 7) is 12.0. The summed E-state index contributed by atoms with van der Waals surface area (Å²) in [4.78, 5) is 0. The first kappa shape index (κ1) is 14.8. The maximum absolute atomic E-state index is 5.45. The normalized spacial score (nSPS) is 12.4. The van der Waals surface area contributed by atoms with E-state index in [-0.39, 0.29) is 0 Å². The van der Waals surface area contributed by atoms with Gasteiger partial charge in [0.25, 0.3) is 0 Å². The smallest absolute Gasteiger partial charge is 0.00746 e. The Balaban J connectivity index is 3.85. The van der Waals surface area contributed by atoms with Gasteiger partial charge >= 0.3 is 0 Å². The molecule has 0 fully saturated rings. The summed E-state index contributed by atoms with van der Waals surface area (Å²) < 4.78 is 0. The zero-order valence-corrected chi connectivity index (χ0v) is 10.5. The minimum Gasteiger partial charge on any atom is -0.329 e. The quantitative estimate of drug-likeness (QED) is 0.422. The van der Waals surface area contributed by atoms with E-state index in [1.165, 1.54) is 0 Å². The van der Waals surface area contributed by atoms with Crippen molar-refractivity contribution in [3.05, 3.63) is 0 Å². The van der Waals surface area contributed by atoms with E-state index in [1.54, 1.807) is 0 Å². The zero-order valence-electron chi connectivity index (χ0n) is 10.5. The first-order valence-corrected chi connectivity index (χ1v) is 5.84. The van der Waals surface area contributed by atoms with Crippen molar-refractivity contribution in [2.24, 2.45) is 22.8 Å². The molecule has 0 aromatic carbocycles. The molecule has 0 unspecified atom stereocenters. The van der Waals surface area contributed by atoms with Gasteiger partial charge in [0, 0.05) is 26.2 Å². The molecule has 0 aromatic heterocycles. The van der Waals surface area contributed by atoms with Crippen molar-refractivity contribution in [3.8, 4) is 0 Å². The van der Waals surface area contributed by atoms with Crippen LogP contribution in [0, 0.1) is 11.3 Å². The minimum absolute atomic E-state index is 0.309. The van der Waals surface area contributed by atoms with Gasteiger partial charge in [0.2, 0.25) is 0 Å². The van der Waals surface area contributed by atoms with Crippen molar-refractivity contribution in [1.29, 1.82) is 0 Å². The molecule has 6 N–H and O–H groups in total. The Bertz CT molecular complexity index is 132. The van der Waals surface area contributed by atoms with Crippen molar-refractivity contribution in [3.63, 3.8) is 0 Å². The largest absolute Gasteiger partial charge is 0.329 e. The van der Waals surface area contributed by atoms with Crippen LogP contribution in [0.25, 0.3) is 0 Å². The number of nitrogens with two attached hydrogens (primary N) is 2. The molecule has 0 radical (unpaired) electrons. The number of hydrogen-bond acceptors (Lipinski definition) is 4. The Morgan fingerprint density at radius 3 is 1.60 bits per heavy atom. The third kappa shape index (κ3) is 7.73. The minimum atomic E-state index is 0.309. The van der Waals surface area contributed by atoms with Crippen molar-refractivity contribution in [1.82, 2.24) is 10.6 Å². The second-order valence-electron chi connectivity index (χ2n) is 5.05. The van der Waals surface area contributed by atoms with Gasteiger partial charge in [0.15, 0.2) is 0 Å². The van der Waals surface area contributed by atoms with Crippen LogP contribution >= 0.6 is 0 Å². The summed E-state index contributed by atoms with van der Waals surface area (Å²) in [7, 11) is 0. The molecule has 0 saturated heterocycles. The van der Waals surface area contributed by atoms with Crippen LogP contribution in [0.4, 0.5) is 0 Å². The van der Waals surface area contributed by atoms with Gasteiger partial charge in [0.05, 0.1) is 0 Å². The van der Waals surface area contributed by atoms with Crippen LogP contribution in [0.2, 0.25) is 0 Å². The molecule has 0 spiro atoms. The lowest BCUT2D eigenvalue weighted by molar-refractivity contribution is 0.226. The number of rotatable bonds is 8. The molecular weight excluding hydrogens is 188 g/mol. The topological polar surface area (TPSA) is 76.1 Å². The first-order valence-electron chi connectivity index (χ1n) is 5.84. The summed E-state index contributed by atoms with van der Waals surface area (Å²) in [5.41, 5.74) is 11.2. The third-order valence-electron chi connectivity index (χ3n) is 2.65. The van der Waals surface area contributed by atoms with Crippen molar-refractivity contribution < 1.29 is 0 Å². The second-order valence-corrected chi connectivity index (χ2v) is 5.05. The molecular formula is C11H28N4. The molecule has 15 heavy (non-hydrogen) atoms. The fourth-order valence-electron chi connectivity index (χ4n) is 1.44. The first-order chi connectivity index (χ1) is 7.02. The molecule has 0 bridgehead atoms. The summed E-state index contributed by atoms with van der Waals surface area (Å²) in [5, 5.41) is 6.74. The van der Waals surface area contributed by atoms with Crippen LogP contribution < -0.4 is 22.1 Å². The Kier molecular flexibility index (Phi) is 7.96. The molecule has 92 valence electrons. The summed E-state index contributed by atoms with van der Waals surface area (Å²) in [6.07, 6.45) is 0. The lowest BCUT2D eigenvalue weighted by Gasteiger charge is -2.31. The van der Waals surface area contributed by atoms with Gasteiger partial charge in [-0.25, -0.2) is 0 Å². The maximum Gasteiger partial charge on any atom is 0.00746 e. The Morgan fingerprint density at radius 2 is 1.33 bits per heavy atom. The average Bonchev–Trinajstić information content (AvgIpc) is 2.14. The van der Waals surface area contributed by atoms with Crippen LogP contribution in [-0.2, 0) is 0 Å². The highest BCUT2D eigenvalue weighted by Crippen LogP contribution is 2.24. The van der Waals surface area contributed by atoms with Gasteiger partial charge in [0.1, 0.15) is 0 Å². The summed E-state index contributed by atoms with van der Waals surface area (Å²) in [5.74, 6) is 0.607. The molecule has 0 saturated carbocycles. The predicted molar refractivity (Wildman–Crippen MR) is 66.8 cm³/mol. The molecule has 0 aliphatic rings. The molecule has 0 aliphatic heterocycles. The van der Waals surface area contributed by atoms with Crippen LogP contribution in [0.3, 0.4) is 0 Å². The molecule has 0 aromatic rings. The van der Waals surface area contributed by atoms with E-state index in [4.69, 9.17) is 11.5 Å². The highest BCUT2D eigenvalue weighted by molar-refractivity contribution is 4.78. The highest BCUT2D eigenvalue weighted by Gasteiger charge is 2.23. The molecule has 0 amide bonds. The van der Waals surface area contributed by atoms with Gasteiger partial charge in [-0.15, -0.1) is 0 Å². The van der Waals surface area contributed by atoms with E-state index in [0.29, 0.717) is 24.4 Å². The van der Waals surface area contributed by atoms with Crippen molar-refractivity contribution in [2.75, 3.05) is 39.3 Å². The van der Waals surface area contributed by atoms with Gasteiger partial charge in [-0.05, 0) is 24.4 Å². The fourth-order valence-corrected chi connectivity index (χ4v) is 1.44. The second kappa shape index (κ2) is 8.05. The Hall–Kier alpha value is -0.160. The fraction of sp³-hybridized carbons (Fsp3) is 1.00.